The number of carbonyl (C=O) groups excluding carboxylic acids is 1. The highest BCUT2D eigenvalue weighted by Gasteiger charge is 2.02. The molecule has 1 aromatic carbocycles. The first-order chi connectivity index (χ1) is 8.13. The maximum absolute atomic E-state index is 11.3. The lowest BCUT2D eigenvalue weighted by Crippen LogP contribution is -2.19. The molecule has 0 radical (unpaired) electrons. The van der Waals surface area contributed by atoms with Gasteiger partial charge in [0.1, 0.15) is 5.75 Å². The average Bonchev–Trinajstić information content (AvgIpc) is 2.28. The Balaban J connectivity index is 2.56. The van der Waals surface area contributed by atoms with E-state index >= 15 is 0 Å². The number of methoxy groups -OCH3 is 1. The molecule has 1 rings (SSSR count). The molecule has 0 aliphatic carbocycles. The lowest BCUT2D eigenvalue weighted by atomic mass is 10.1. The standard InChI is InChI=1S/C13H18N2O2/c1-10(2)8-13(16)15-14-9-11-6-4-5-7-12(11)17-3/h4-7,9-10H,8H2,1-3H3,(H,15,16)/b14-9+. The van der Waals surface area contributed by atoms with E-state index < -0.39 is 0 Å². The average molecular weight is 234 g/mol. The summed E-state index contributed by atoms with van der Waals surface area (Å²) in [5, 5.41) is 3.90. The minimum atomic E-state index is -0.0776. The highest BCUT2D eigenvalue weighted by molar-refractivity contribution is 5.85. The second-order valence-corrected chi connectivity index (χ2v) is 4.13. The molecular weight excluding hydrogens is 216 g/mol. The summed E-state index contributed by atoms with van der Waals surface area (Å²) in [4.78, 5) is 11.3. The molecule has 0 fully saturated rings. The summed E-state index contributed by atoms with van der Waals surface area (Å²) in [7, 11) is 1.60. The van der Waals surface area contributed by atoms with Gasteiger partial charge in [-0.3, -0.25) is 4.79 Å². The van der Waals surface area contributed by atoms with E-state index in [4.69, 9.17) is 4.74 Å². The van der Waals surface area contributed by atoms with E-state index in [1.54, 1.807) is 13.3 Å². The highest BCUT2D eigenvalue weighted by Crippen LogP contribution is 2.14. The number of hydrogen-bond donors (Lipinski definition) is 1. The fourth-order valence-corrected chi connectivity index (χ4v) is 1.36. The third kappa shape index (κ3) is 4.68. The summed E-state index contributed by atoms with van der Waals surface area (Å²) in [5.41, 5.74) is 3.32. The van der Waals surface area contributed by atoms with Crippen LogP contribution in [-0.4, -0.2) is 19.2 Å². The predicted octanol–water partition coefficient (Wildman–Crippen LogP) is 2.19. The van der Waals surface area contributed by atoms with Crippen LogP contribution >= 0.6 is 0 Å². The SMILES string of the molecule is COc1ccccc1/C=N/NC(=O)CC(C)C. The van der Waals surface area contributed by atoms with Crippen LogP contribution in [0.15, 0.2) is 29.4 Å². The monoisotopic (exact) mass is 234 g/mol. The molecule has 1 N–H and O–H groups in total. The molecule has 0 saturated carbocycles. The number of carbonyl (C=O) groups is 1. The van der Waals surface area contributed by atoms with E-state index in [1.165, 1.54) is 0 Å². The van der Waals surface area contributed by atoms with Crippen molar-refractivity contribution in [2.24, 2.45) is 11.0 Å². The van der Waals surface area contributed by atoms with Crippen molar-refractivity contribution in [1.29, 1.82) is 0 Å². The summed E-state index contributed by atoms with van der Waals surface area (Å²) in [6.07, 6.45) is 2.06. The van der Waals surface area contributed by atoms with Crippen LogP contribution in [0.5, 0.6) is 5.75 Å². The molecule has 0 spiro atoms. The number of nitrogens with zero attached hydrogens (tertiary/aromatic N) is 1. The van der Waals surface area contributed by atoms with Gasteiger partial charge in [0, 0.05) is 12.0 Å². The Labute approximate surface area is 102 Å². The number of hydrazone groups is 1. The maximum Gasteiger partial charge on any atom is 0.240 e. The highest BCUT2D eigenvalue weighted by atomic mass is 16.5. The largest absolute Gasteiger partial charge is 0.496 e. The number of nitrogens with one attached hydrogen (secondary N) is 1. The van der Waals surface area contributed by atoms with Crippen molar-refractivity contribution in [2.45, 2.75) is 20.3 Å². The lowest BCUT2D eigenvalue weighted by Gasteiger charge is -2.04. The summed E-state index contributed by atoms with van der Waals surface area (Å²) in [6.45, 7) is 3.98. The summed E-state index contributed by atoms with van der Waals surface area (Å²) in [6, 6.07) is 7.49. The van der Waals surface area contributed by atoms with Crippen LogP contribution in [-0.2, 0) is 4.79 Å². The quantitative estimate of drug-likeness (QED) is 0.627. The fourth-order valence-electron chi connectivity index (χ4n) is 1.36. The van der Waals surface area contributed by atoms with Crippen LogP contribution in [0.25, 0.3) is 0 Å². The first-order valence-electron chi connectivity index (χ1n) is 5.58. The van der Waals surface area contributed by atoms with Gasteiger partial charge in [0.15, 0.2) is 0 Å². The van der Waals surface area contributed by atoms with Crippen LogP contribution in [0.3, 0.4) is 0 Å². The zero-order chi connectivity index (χ0) is 12.7. The Kier molecular flexibility index (Phi) is 5.20. The molecule has 17 heavy (non-hydrogen) atoms. The van der Waals surface area contributed by atoms with Crippen LogP contribution in [0.2, 0.25) is 0 Å². The van der Waals surface area contributed by atoms with Gasteiger partial charge >= 0.3 is 0 Å². The topological polar surface area (TPSA) is 50.7 Å². The molecule has 4 nitrogen and oxygen atoms in total. The van der Waals surface area contributed by atoms with Crippen molar-refractivity contribution in [3.05, 3.63) is 29.8 Å². The number of hydrogen-bond acceptors (Lipinski definition) is 3. The zero-order valence-corrected chi connectivity index (χ0v) is 10.4. The number of rotatable bonds is 5. The van der Waals surface area contributed by atoms with Crippen molar-refractivity contribution in [3.63, 3.8) is 0 Å². The van der Waals surface area contributed by atoms with Crippen LogP contribution in [0.1, 0.15) is 25.8 Å². The van der Waals surface area contributed by atoms with E-state index in [-0.39, 0.29) is 5.91 Å². The Bertz CT molecular complexity index is 400. The normalized spacial score (nSPS) is 10.8. The lowest BCUT2D eigenvalue weighted by molar-refractivity contribution is -0.121. The molecule has 1 amide bonds. The molecule has 0 heterocycles. The molecule has 0 aromatic heterocycles. The van der Waals surface area contributed by atoms with Gasteiger partial charge in [0.05, 0.1) is 13.3 Å². The predicted molar refractivity (Wildman–Crippen MR) is 68.2 cm³/mol. The molecule has 0 bridgehead atoms. The Hall–Kier alpha value is -1.84. The van der Waals surface area contributed by atoms with Crippen molar-refractivity contribution in [3.8, 4) is 5.75 Å². The van der Waals surface area contributed by atoms with E-state index in [0.717, 1.165) is 11.3 Å². The summed E-state index contributed by atoms with van der Waals surface area (Å²) in [5.74, 6) is 0.983. The second-order valence-electron chi connectivity index (χ2n) is 4.13. The molecule has 0 aliphatic rings. The van der Waals surface area contributed by atoms with Gasteiger partial charge in [-0.05, 0) is 18.1 Å². The molecule has 4 heteroatoms. The van der Waals surface area contributed by atoms with E-state index in [0.29, 0.717) is 12.3 Å². The van der Waals surface area contributed by atoms with Gasteiger partial charge in [-0.15, -0.1) is 0 Å². The molecule has 0 atom stereocenters. The van der Waals surface area contributed by atoms with E-state index in [9.17, 15) is 4.79 Å². The smallest absolute Gasteiger partial charge is 0.240 e. The van der Waals surface area contributed by atoms with Crippen LogP contribution in [0.4, 0.5) is 0 Å². The number of para-hydroxylation sites is 1. The van der Waals surface area contributed by atoms with E-state index in [2.05, 4.69) is 10.5 Å². The van der Waals surface area contributed by atoms with Crippen LogP contribution in [0, 0.1) is 5.92 Å². The molecule has 1 aromatic rings. The molecule has 92 valence electrons. The third-order valence-electron chi connectivity index (χ3n) is 2.13. The molecule has 0 aliphatic heterocycles. The second kappa shape index (κ2) is 6.68. The first kappa shape index (κ1) is 13.2. The molecule has 0 saturated heterocycles. The van der Waals surface area contributed by atoms with Crippen molar-refractivity contribution >= 4 is 12.1 Å². The van der Waals surface area contributed by atoms with Crippen molar-refractivity contribution in [1.82, 2.24) is 5.43 Å². The Morgan fingerprint density at radius 1 is 1.47 bits per heavy atom. The van der Waals surface area contributed by atoms with Gasteiger partial charge in [0.25, 0.3) is 0 Å². The fraction of sp³-hybridized carbons (Fsp3) is 0.385. The maximum atomic E-state index is 11.3. The number of amides is 1. The Morgan fingerprint density at radius 3 is 2.82 bits per heavy atom. The van der Waals surface area contributed by atoms with Crippen molar-refractivity contribution in [2.75, 3.05) is 7.11 Å². The van der Waals surface area contributed by atoms with Gasteiger partial charge in [0.2, 0.25) is 5.91 Å². The Morgan fingerprint density at radius 2 is 2.18 bits per heavy atom. The molecular formula is C13H18N2O2. The minimum absolute atomic E-state index is 0.0776. The van der Waals surface area contributed by atoms with Gasteiger partial charge in [-0.25, -0.2) is 5.43 Å². The zero-order valence-electron chi connectivity index (χ0n) is 10.4. The van der Waals surface area contributed by atoms with Crippen LogP contribution < -0.4 is 10.2 Å². The molecule has 0 unspecified atom stereocenters. The van der Waals surface area contributed by atoms with Crippen molar-refractivity contribution < 1.29 is 9.53 Å². The van der Waals surface area contributed by atoms with E-state index in [1.807, 2.05) is 38.1 Å². The first-order valence-corrected chi connectivity index (χ1v) is 5.58. The van der Waals surface area contributed by atoms with Gasteiger partial charge in [-0.2, -0.15) is 5.10 Å². The minimum Gasteiger partial charge on any atom is -0.496 e. The third-order valence-corrected chi connectivity index (χ3v) is 2.13. The number of ether oxygens (including phenoxy) is 1. The summed E-state index contributed by atoms with van der Waals surface area (Å²) >= 11 is 0. The number of benzene rings is 1. The summed E-state index contributed by atoms with van der Waals surface area (Å²) < 4.78 is 5.16. The van der Waals surface area contributed by atoms with Gasteiger partial charge in [-0.1, -0.05) is 26.0 Å². The van der Waals surface area contributed by atoms with Gasteiger partial charge < -0.3 is 4.74 Å².